The summed E-state index contributed by atoms with van der Waals surface area (Å²) in [5.74, 6) is 0. The Labute approximate surface area is 97.0 Å². The van der Waals surface area contributed by atoms with E-state index in [2.05, 4.69) is 35.7 Å². The molecule has 1 aromatic carbocycles. The molecular weight excluding hydrogens is 198 g/mol. The molecule has 0 fully saturated rings. The summed E-state index contributed by atoms with van der Waals surface area (Å²) in [6, 6.07) is 10.8. The highest BCUT2D eigenvalue weighted by molar-refractivity contribution is 5.14. The van der Waals surface area contributed by atoms with Gasteiger partial charge in [0.1, 0.15) is 0 Å². The number of aliphatic hydroxyl groups excluding tert-OH is 1. The van der Waals surface area contributed by atoms with Crippen LogP contribution in [0.15, 0.2) is 42.5 Å². The molecule has 0 heterocycles. The summed E-state index contributed by atoms with van der Waals surface area (Å²) < 4.78 is 0. The van der Waals surface area contributed by atoms with Crippen molar-refractivity contribution in [2.24, 2.45) is 0 Å². The van der Waals surface area contributed by atoms with Crippen molar-refractivity contribution in [3.63, 3.8) is 0 Å². The zero-order chi connectivity index (χ0) is 11.2. The molecule has 0 unspecified atom stereocenters. The molecule has 0 saturated carbocycles. The lowest BCUT2D eigenvalue weighted by Gasteiger charge is -2.13. The van der Waals surface area contributed by atoms with Crippen LogP contribution in [0.1, 0.15) is 24.8 Å². The van der Waals surface area contributed by atoms with Gasteiger partial charge in [-0.25, -0.2) is 0 Å². The van der Waals surface area contributed by atoms with E-state index in [1.165, 1.54) is 5.56 Å². The molecule has 2 rings (SSSR count). The van der Waals surface area contributed by atoms with Crippen LogP contribution in [0, 0.1) is 0 Å². The molecule has 0 aromatic heterocycles. The van der Waals surface area contributed by atoms with Gasteiger partial charge in [-0.3, -0.25) is 0 Å². The molecule has 0 aliphatic heterocycles. The standard InChI is InChI=1S/C14H19NO/c16-14-8-4-7-13(9-10-14)15-11-12-5-2-1-3-6-12/h1-3,5-6,9-10,13-16H,4,7-8,11H2/t13-,14+/m1/s1. The fourth-order valence-electron chi connectivity index (χ4n) is 2.02. The third kappa shape index (κ3) is 3.47. The highest BCUT2D eigenvalue weighted by Crippen LogP contribution is 2.12. The monoisotopic (exact) mass is 217 g/mol. The molecule has 2 N–H and O–H groups in total. The molecule has 16 heavy (non-hydrogen) atoms. The van der Waals surface area contributed by atoms with E-state index in [0.717, 1.165) is 25.8 Å². The summed E-state index contributed by atoms with van der Waals surface area (Å²) >= 11 is 0. The molecule has 1 aliphatic carbocycles. The maximum atomic E-state index is 9.48. The SMILES string of the molecule is O[C@@H]1C=C[C@H](NCc2ccccc2)CCC1. The smallest absolute Gasteiger partial charge is 0.0721 e. The van der Waals surface area contributed by atoms with Gasteiger partial charge >= 0.3 is 0 Å². The van der Waals surface area contributed by atoms with Crippen LogP contribution in [0.2, 0.25) is 0 Å². The van der Waals surface area contributed by atoms with Gasteiger partial charge in [-0.2, -0.15) is 0 Å². The first kappa shape index (κ1) is 11.4. The van der Waals surface area contributed by atoms with Crippen LogP contribution in [0.5, 0.6) is 0 Å². The quantitative estimate of drug-likeness (QED) is 0.761. The number of rotatable bonds is 3. The van der Waals surface area contributed by atoms with Crippen molar-refractivity contribution >= 4 is 0 Å². The van der Waals surface area contributed by atoms with Crippen molar-refractivity contribution in [1.82, 2.24) is 5.32 Å². The Morgan fingerprint density at radius 1 is 1.12 bits per heavy atom. The third-order valence-corrected chi connectivity index (χ3v) is 2.99. The lowest BCUT2D eigenvalue weighted by molar-refractivity contribution is 0.211. The Hall–Kier alpha value is -1.12. The first-order valence-electron chi connectivity index (χ1n) is 5.98. The molecular formula is C14H19NO. The Morgan fingerprint density at radius 2 is 1.94 bits per heavy atom. The molecule has 1 aliphatic rings. The number of aliphatic hydroxyl groups is 1. The summed E-state index contributed by atoms with van der Waals surface area (Å²) in [6.07, 6.45) is 6.85. The van der Waals surface area contributed by atoms with Crippen LogP contribution in [-0.4, -0.2) is 17.3 Å². The Kier molecular flexibility index (Phi) is 4.14. The molecule has 0 radical (unpaired) electrons. The number of nitrogens with one attached hydrogen (secondary N) is 1. The Morgan fingerprint density at radius 3 is 2.75 bits per heavy atom. The second kappa shape index (κ2) is 5.83. The fraction of sp³-hybridized carbons (Fsp3) is 0.429. The van der Waals surface area contributed by atoms with Gasteiger partial charge in [0.2, 0.25) is 0 Å². The molecule has 0 bridgehead atoms. The van der Waals surface area contributed by atoms with E-state index in [1.54, 1.807) is 0 Å². The molecule has 2 heteroatoms. The van der Waals surface area contributed by atoms with Crippen molar-refractivity contribution < 1.29 is 5.11 Å². The van der Waals surface area contributed by atoms with Gasteiger partial charge in [-0.05, 0) is 24.8 Å². The first-order valence-corrected chi connectivity index (χ1v) is 5.98. The molecule has 2 atom stereocenters. The van der Waals surface area contributed by atoms with E-state index in [-0.39, 0.29) is 6.10 Å². The highest BCUT2D eigenvalue weighted by Gasteiger charge is 2.10. The number of hydrogen-bond acceptors (Lipinski definition) is 2. The van der Waals surface area contributed by atoms with Gasteiger partial charge < -0.3 is 10.4 Å². The predicted molar refractivity (Wildman–Crippen MR) is 66.1 cm³/mol. The van der Waals surface area contributed by atoms with E-state index < -0.39 is 0 Å². The van der Waals surface area contributed by atoms with Crippen molar-refractivity contribution in [1.29, 1.82) is 0 Å². The zero-order valence-corrected chi connectivity index (χ0v) is 9.47. The van der Waals surface area contributed by atoms with Crippen LogP contribution in [0.4, 0.5) is 0 Å². The maximum Gasteiger partial charge on any atom is 0.0721 e. The van der Waals surface area contributed by atoms with Gasteiger partial charge in [-0.15, -0.1) is 0 Å². The summed E-state index contributed by atoms with van der Waals surface area (Å²) in [5.41, 5.74) is 1.31. The highest BCUT2D eigenvalue weighted by atomic mass is 16.3. The van der Waals surface area contributed by atoms with Crippen LogP contribution in [0.25, 0.3) is 0 Å². The van der Waals surface area contributed by atoms with Crippen LogP contribution < -0.4 is 5.32 Å². The summed E-state index contributed by atoms with van der Waals surface area (Å²) in [7, 11) is 0. The molecule has 2 nitrogen and oxygen atoms in total. The average Bonchev–Trinajstić information content (AvgIpc) is 2.53. The summed E-state index contributed by atoms with van der Waals surface area (Å²) in [5, 5.41) is 13.0. The minimum atomic E-state index is -0.247. The van der Waals surface area contributed by atoms with E-state index in [0.29, 0.717) is 6.04 Å². The van der Waals surface area contributed by atoms with E-state index in [9.17, 15) is 5.11 Å². The minimum absolute atomic E-state index is 0.247. The lowest BCUT2D eigenvalue weighted by atomic mass is 10.1. The first-order chi connectivity index (χ1) is 7.84. The van der Waals surface area contributed by atoms with E-state index in [1.807, 2.05) is 12.1 Å². The summed E-state index contributed by atoms with van der Waals surface area (Å²) in [4.78, 5) is 0. The lowest BCUT2D eigenvalue weighted by Crippen LogP contribution is -2.26. The molecule has 86 valence electrons. The summed E-state index contributed by atoms with van der Waals surface area (Å²) in [6.45, 7) is 0.895. The number of benzene rings is 1. The minimum Gasteiger partial charge on any atom is -0.389 e. The normalized spacial score (nSPS) is 25.3. The van der Waals surface area contributed by atoms with Crippen molar-refractivity contribution in [3.8, 4) is 0 Å². The maximum absolute atomic E-state index is 9.48. The molecule has 0 amide bonds. The van der Waals surface area contributed by atoms with E-state index in [4.69, 9.17) is 0 Å². The number of hydrogen-bond donors (Lipinski definition) is 2. The topological polar surface area (TPSA) is 32.3 Å². The van der Waals surface area contributed by atoms with Crippen LogP contribution in [0.3, 0.4) is 0 Å². The second-order valence-corrected chi connectivity index (χ2v) is 4.36. The van der Waals surface area contributed by atoms with Crippen molar-refractivity contribution in [2.45, 2.75) is 38.0 Å². The van der Waals surface area contributed by atoms with Gasteiger partial charge in [0.15, 0.2) is 0 Å². The van der Waals surface area contributed by atoms with Crippen LogP contribution in [-0.2, 0) is 6.54 Å². The molecule has 1 aromatic rings. The Balaban J connectivity index is 1.84. The molecule has 0 saturated heterocycles. The third-order valence-electron chi connectivity index (χ3n) is 2.99. The predicted octanol–water partition coefficient (Wildman–Crippen LogP) is 2.25. The fourth-order valence-corrected chi connectivity index (χ4v) is 2.02. The van der Waals surface area contributed by atoms with Gasteiger partial charge in [-0.1, -0.05) is 42.5 Å². The van der Waals surface area contributed by atoms with Crippen molar-refractivity contribution in [2.75, 3.05) is 0 Å². The van der Waals surface area contributed by atoms with E-state index >= 15 is 0 Å². The second-order valence-electron chi connectivity index (χ2n) is 4.36. The van der Waals surface area contributed by atoms with Crippen LogP contribution >= 0.6 is 0 Å². The van der Waals surface area contributed by atoms with Crippen molar-refractivity contribution in [3.05, 3.63) is 48.0 Å². The van der Waals surface area contributed by atoms with Gasteiger partial charge in [0, 0.05) is 12.6 Å². The molecule has 0 spiro atoms. The Bertz CT molecular complexity index is 334. The average molecular weight is 217 g/mol. The largest absolute Gasteiger partial charge is 0.389 e. The zero-order valence-electron chi connectivity index (χ0n) is 9.47. The van der Waals surface area contributed by atoms with Gasteiger partial charge in [0.25, 0.3) is 0 Å². The van der Waals surface area contributed by atoms with Gasteiger partial charge in [0.05, 0.1) is 6.10 Å².